The van der Waals surface area contributed by atoms with Crippen LogP contribution in [0, 0.1) is 0 Å². The van der Waals surface area contributed by atoms with E-state index in [1.165, 1.54) is 18.8 Å². The number of rotatable bonds is 2. The molecule has 16 heavy (non-hydrogen) atoms. The molecular weight excluding hydrogens is 204 g/mol. The SMILES string of the molecule is CC1(OC(=O)c2cnccn2)CCCCC1. The van der Waals surface area contributed by atoms with Gasteiger partial charge >= 0.3 is 5.97 Å². The Hall–Kier alpha value is -1.45. The molecule has 1 saturated carbocycles. The minimum Gasteiger partial charge on any atom is -0.455 e. The smallest absolute Gasteiger partial charge is 0.359 e. The van der Waals surface area contributed by atoms with E-state index < -0.39 is 0 Å². The van der Waals surface area contributed by atoms with Crippen LogP contribution in [0.15, 0.2) is 18.6 Å². The summed E-state index contributed by atoms with van der Waals surface area (Å²) in [6.07, 6.45) is 9.86. The third-order valence-corrected chi connectivity index (χ3v) is 3.02. The van der Waals surface area contributed by atoms with Gasteiger partial charge in [0, 0.05) is 12.4 Å². The molecule has 0 N–H and O–H groups in total. The van der Waals surface area contributed by atoms with Crippen molar-refractivity contribution in [2.75, 3.05) is 0 Å². The average molecular weight is 220 g/mol. The first kappa shape index (κ1) is 11.0. The molecule has 1 aliphatic carbocycles. The lowest BCUT2D eigenvalue weighted by Crippen LogP contribution is -2.34. The Bertz CT molecular complexity index is 359. The monoisotopic (exact) mass is 220 g/mol. The van der Waals surface area contributed by atoms with Crippen LogP contribution in [-0.2, 0) is 4.74 Å². The van der Waals surface area contributed by atoms with Crippen molar-refractivity contribution in [1.82, 2.24) is 9.97 Å². The maximum atomic E-state index is 11.8. The van der Waals surface area contributed by atoms with Gasteiger partial charge in [0.25, 0.3) is 0 Å². The van der Waals surface area contributed by atoms with E-state index in [1.807, 2.05) is 6.92 Å². The molecule has 4 heteroatoms. The van der Waals surface area contributed by atoms with Crippen LogP contribution in [0.1, 0.15) is 49.5 Å². The Morgan fingerprint density at radius 2 is 2.06 bits per heavy atom. The van der Waals surface area contributed by atoms with Crippen LogP contribution in [0.25, 0.3) is 0 Å². The Balaban J connectivity index is 2.01. The van der Waals surface area contributed by atoms with Gasteiger partial charge in [0.15, 0.2) is 5.69 Å². The van der Waals surface area contributed by atoms with Crippen molar-refractivity contribution in [1.29, 1.82) is 0 Å². The highest BCUT2D eigenvalue weighted by atomic mass is 16.6. The van der Waals surface area contributed by atoms with Gasteiger partial charge in [-0.1, -0.05) is 6.42 Å². The van der Waals surface area contributed by atoms with Gasteiger partial charge in [-0.3, -0.25) is 4.98 Å². The van der Waals surface area contributed by atoms with Gasteiger partial charge in [0.05, 0.1) is 6.20 Å². The zero-order chi connectivity index (χ0) is 11.4. The summed E-state index contributed by atoms with van der Waals surface area (Å²) in [7, 11) is 0. The normalized spacial score (nSPS) is 19.1. The third kappa shape index (κ3) is 2.56. The number of esters is 1. The summed E-state index contributed by atoms with van der Waals surface area (Å²) in [6.45, 7) is 2.00. The first-order valence-corrected chi connectivity index (χ1v) is 5.69. The molecule has 0 amide bonds. The summed E-state index contributed by atoms with van der Waals surface area (Å²) in [5.41, 5.74) is -0.0263. The number of carbonyl (C=O) groups is 1. The van der Waals surface area contributed by atoms with E-state index in [4.69, 9.17) is 4.74 Å². The van der Waals surface area contributed by atoms with Gasteiger partial charge in [0.2, 0.25) is 0 Å². The minimum atomic E-state index is -0.363. The highest BCUT2D eigenvalue weighted by Gasteiger charge is 2.31. The molecule has 0 radical (unpaired) electrons. The summed E-state index contributed by atoms with van der Waals surface area (Å²) < 4.78 is 5.52. The van der Waals surface area contributed by atoms with Crippen LogP contribution in [0.4, 0.5) is 0 Å². The highest BCUT2D eigenvalue weighted by molar-refractivity contribution is 5.87. The first-order valence-electron chi connectivity index (χ1n) is 5.69. The van der Waals surface area contributed by atoms with E-state index in [2.05, 4.69) is 9.97 Å². The number of ether oxygens (including phenoxy) is 1. The van der Waals surface area contributed by atoms with Gasteiger partial charge in [-0.25, -0.2) is 9.78 Å². The molecule has 1 fully saturated rings. The maximum absolute atomic E-state index is 11.8. The molecule has 0 aliphatic heterocycles. The molecule has 2 rings (SSSR count). The zero-order valence-corrected chi connectivity index (χ0v) is 9.48. The van der Waals surface area contributed by atoms with Crippen molar-refractivity contribution in [3.63, 3.8) is 0 Å². The van der Waals surface area contributed by atoms with Gasteiger partial charge in [-0.2, -0.15) is 0 Å². The van der Waals surface area contributed by atoms with Crippen molar-refractivity contribution in [3.8, 4) is 0 Å². The fraction of sp³-hybridized carbons (Fsp3) is 0.583. The summed E-state index contributed by atoms with van der Waals surface area (Å²) in [5.74, 6) is -0.363. The first-order chi connectivity index (χ1) is 7.70. The number of hydrogen-bond acceptors (Lipinski definition) is 4. The molecule has 0 spiro atoms. The quantitative estimate of drug-likeness (QED) is 0.718. The summed E-state index contributed by atoms with van der Waals surface area (Å²) >= 11 is 0. The second-order valence-electron chi connectivity index (χ2n) is 4.49. The van der Waals surface area contributed by atoms with Crippen molar-refractivity contribution < 1.29 is 9.53 Å². The van der Waals surface area contributed by atoms with E-state index in [0.29, 0.717) is 0 Å². The van der Waals surface area contributed by atoms with E-state index >= 15 is 0 Å². The van der Waals surface area contributed by atoms with Crippen LogP contribution in [0.2, 0.25) is 0 Å². The molecule has 0 saturated heterocycles. The molecule has 86 valence electrons. The number of nitrogens with zero attached hydrogens (tertiary/aromatic N) is 2. The van der Waals surface area contributed by atoms with Gasteiger partial charge in [-0.15, -0.1) is 0 Å². The van der Waals surface area contributed by atoms with Crippen LogP contribution < -0.4 is 0 Å². The summed E-state index contributed by atoms with van der Waals surface area (Å²) in [5, 5.41) is 0. The molecule has 0 aromatic carbocycles. The molecule has 4 nitrogen and oxygen atoms in total. The molecule has 0 bridgehead atoms. The Morgan fingerprint density at radius 1 is 1.31 bits per heavy atom. The maximum Gasteiger partial charge on any atom is 0.359 e. The van der Waals surface area contributed by atoms with Gasteiger partial charge in [0.1, 0.15) is 5.60 Å². The molecule has 1 aromatic heterocycles. The van der Waals surface area contributed by atoms with Crippen molar-refractivity contribution in [3.05, 3.63) is 24.3 Å². The fourth-order valence-electron chi connectivity index (χ4n) is 2.08. The minimum absolute atomic E-state index is 0.286. The predicted octanol–water partition coefficient (Wildman–Crippen LogP) is 2.36. The van der Waals surface area contributed by atoms with E-state index in [-0.39, 0.29) is 17.3 Å². The van der Waals surface area contributed by atoms with Crippen molar-refractivity contribution >= 4 is 5.97 Å². The lowest BCUT2D eigenvalue weighted by molar-refractivity contribution is -0.0275. The van der Waals surface area contributed by atoms with E-state index in [9.17, 15) is 4.79 Å². The van der Waals surface area contributed by atoms with Gasteiger partial charge < -0.3 is 4.74 Å². The average Bonchev–Trinajstić information content (AvgIpc) is 2.30. The predicted molar refractivity (Wildman–Crippen MR) is 58.9 cm³/mol. The topological polar surface area (TPSA) is 52.1 Å². The van der Waals surface area contributed by atoms with Gasteiger partial charge in [-0.05, 0) is 32.6 Å². The highest BCUT2D eigenvalue weighted by Crippen LogP contribution is 2.31. The lowest BCUT2D eigenvalue weighted by atomic mass is 9.86. The van der Waals surface area contributed by atoms with Crippen molar-refractivity contribution in [2.45, 2.75) is 44.6 Å². The Kier molecular flexibility index (Phi) is 3.17. The second-order valence-corrected chi connectivity index (χ2v) is 4.49. The van der Waals surface area contributed by atoms with E-state index in [0.717, 1.165) is 25.7 Å². The van der Waals surface area contributed by atoms with Crippen molar-refractivity contribution in [2.24, 2.45) is 0 Å². The van der Waals surface area contributed by atoms with Crippen LogP contribution >= 0.6 is 0 Å². The fourth-order valence-corrected chi connectivity index (χ4v) is 2.08. The summed E-state index contributed by atoms with van der Waals surface area (Å²) in [6, 6.07) is 0. The number of hydrogen-bond donors (Lipinski definition) is 0. The molecule has 1 aliphatic rings. The number of aromatic nitrogens is 2. The largest absolute Gasteiger partial charge is 0.455 e. The van der Waals surface area contributed by atoms with Crippen LogP contribution in [0.5, 0.6) is 0 Å². The standard InChI is InChI=1S/C12H16N2O2/c1-12(5-3-2-4-6-12)16-11(15)10-9-13-7-8-14-10/h7-9H,2-6H2,1H3. The Morgan fingerprint density at radius 3 is 2.69 bits per heavy atom. The molecule has 1 heterocycles. The van der Waals surface area contributed by atoms with Crippen LogP contribution in [-0.4, -0.2) is 21.5 Å². The lowest BCUT2D eigenvalue weighted by Gasteiger charge is -2.32. The number of carbonyl (C=O) groups excluding carboxylic acids is 1. The molecule has 1 aromatic rings. The van der Waals surface area contributed by atoms with Crippen LogP contribution in [0.3, 0.4) is 0 Å². The second kappa shape index (κ2) is 4.60. The van der Waals surface area contributed by atoms with E-state index in [1.54, 1.807) is 6.20 Å². The molecule has 0 unspecified atom stereocenters. The Labute approximate surface area is 95.1 Å². The third-order valence-electron chi connectivity index (χ3n) is 3.02. The molecular formula is C12H16N2O2. The molecule has 0 atom stereocenters. The summed E-state index contributed by atoms with van der Waals surface area (Å²) in [4.78, 5) is 19.6. The zero-order valence-electron chi connectivity index (χ0n) is 9.48.